The second-order valence-electron chi connectivity index (χ2n) is 17.0. The van der Waals surface area contributed by atoms with Crippen molar-refractivity contribution in [3.05, 3.63) is 176 Å². The number of halogens is 4. The van der Waals surface area contributed by atoms with Gasteiger partial charge in [0.1, 0.15) is 22.9 Å². The summed E-state index contributed by atoms with van der Waals surface area (Å²) in [5, 5.41) is 39.1. The van der Waals surface area contributed by atoms with Gasteiger partial charge in [0, 0.05) is 54.0 Å². The fourth-order valence-corrected chi connectivity index (χ4v) is 9.15. The molecule has 13 nitrogen and oxygen atoms in total. The van der Waals surface area contributed by atoms with Gasteiger partial charge in [0.2, 0.25) is 0 Å². The molecular formula is C55H43F4N9O4. The molecule has 0 bridgehead atoms. The summed E-state index contributed by atoms with van der Waals surface area (Å²) in [6, 6.07) is 31.9. The van der Waals surface area contributed by atoms with Gasteiger partial charge in [0.25, 0.3) is 17.7 Å². The fourth-order valence-electron chi connectivity index (χ4n) is 9.15. The Morgan fingerprint density at radius 3 is 1.40 bits per heavy atom. The molecule has 17 heteroatoms. The van der Waals surface area contributed by atoms with Crippen molar-refractivity contribution in [3.63, 3.8) is 0 Å². The van der Waals surface area contributed by atoms with Crippen molar-refractivity contribution in [2.75, 3.05) is 0 Å². The predicted molar refractivity (Wildman–Crippen MR) is 265 cm³/mol. The zero-order valence-electron chi connectivity index (χ0n) is 39.5. The number of hydrogen-bond acceptors (Lipinski definition) is 7. The van der Waals surface area contributed by atoms with Crippen molar-refractivity contribution in [2.45, 2.75) is 27.4 Å². The van der Waals surface area contributed by atoms with Gasteiger partial charge in [-0.15, -0.1) is 0 Å². The molecule has 0 saturated carbocycles. The van der Waals surface area contributed by atoms with E-state index in [9.17, 15) is 47.7 Å². The first-order valence-electron chi connectivity index (χ1n) is 21.8. The molecule has 9 aromatic rings. The van der Waals surface area contributed by atoms with E-state index in [0.29, 0.717) is 50.1 Å². The second-order valence-corrected chi connectivity index (χ2v) is 17.0. The minimum atomic E-state index is -1.57. The lowest BCUT2D eigenvalue weighted by atomic mass is 9.97. The summed E-state index contributed by atoms with van der Waals surface area (Å²) >= 11 is 0. The van der Waals surface area contributed by atoms with Gasteiger partial charge in [-0.3, -0.25) is 14.4 Å². The van der Waals surface area contributed by atoms with Crippen LogP contribution in [0, 0.1) is 78.0 Å². The first kappa shape index (κ1) is 50.4. The maximum atomic E-state index is 13.7. The van der Waals surface area contributed by atoms with Crippen LogP contribution in [0.1, 0.15) is 70.4 Å². The highest BCUT2D eigenvalue weighted by Crippen LogP contribution is 2.38. The zero-order chi connectivity index (χ0) is 52.6. The van der Waals surface area contributed by atoms with Gasteiger partial charge >= 0.3 is 0 Å². The number of carbonyl (C=O) groups is 3. The number of benzene rings is 6. The Morgan fingerprint density at radius 1 is 0.528 bits per heavy atom. The number of nitriles is 3. The highest BCUT2D eigenvalue weighted by molar-refractivity contribution is 6.07. The Bertz CT molecular complexity index is 3860. The monoisotopic (exact) mass is 969 g/mol. The van der Waals surface area contributed by atoms with Crippen LogP contribution in [-0.4, -0.2) is 36.5 Å². The normalized spacial score (nSPS) is 10.8. The number of aromatic nitrogens is 3. The van der Waals surface area contributed by atoms with Crippen LogP contribution < -0.4 is 17.2 Å². The van der Waals surface area contributed by atoms with Crippen molar-refractivity contribution < 1.29 is 37.1 Å². The van der Waals surface area contributed by atoms with Crippen LogP contribution in [0.15, 0.2) is 97.1 Å². The van der Waals surface area contributed by atoms with Crippen molar-refractivity contribution in [2.24, 2.45) is 38.3 Å². The summed E-state index contributed by atoms with van der Waals surface area (Å²) in [5.74, 6) is -6.24. The van der Waals surface area contributed by atoms with Gasteiger partial charge in [0.05, 0.1) is 58.1 Å². The molecule has 7 N–H and O–H groups in total. The molecule has 3 amide bonds. The molecule has 0 saturated heterocycles. The van der Waals surface area contributed by atoms with Crippen LogP contribution in [0.3, 0.4) is 0 Å². The van der Waals surface area contributed by atoms with Gasteiger partial charge in [0.15, 0.2) is 17.5 Å². The Morgan fingerprint density at radius 2 is 0.972 bits per heavy atom. The summed E-state index contributed by atoms with van der Waals surface area (Å²) in [6.07, 6.45) is 0. The minimum absolute atomic E-state index is 0.0239. The smallest absolute Gasteiger partial charge is 0.265 e. The number of aliphatic hydroxyl groups is 1. The third kappa shape index (κ3) is 9.09. The summed E-state index contributed by atoms with van der Waals surface area (Å²) in [7, 11) is 5.13. The number of aryl methyl sites for hydroxylation is 6. The van der Waals surface area contributed by atoms with Crippen molar-refractivity contribution >= 4 is 50.4 Å². The Labute approximate surface area is 409 Å². The van der Waals surface area contributed by atoms with Crippen LogP contribution in [0.5, 0.6) is 0 Å². The first-order chi connectivity index (χ1) is 34.1. The summed E-state index contributed by atoms with van der Waals surface area (Å²) in [5.41, 5.74) is 26.9. The molecule has 0 aliphatic rings. The zero-order valence-corrected chi connectivity index (χ0v) is 39.5. The molecule has 0 spiro atoms. The molecule has 360 valence electrons. The van der Waals surface area contributed by atoms with Crippen LogP contribution in [-0.2, 0) is 27.7 Å². The maximum absolute atomic E-state index is 13.7. The lowest BCUT2D eigenvalue weighted by Gasteiger charge is -2.09. The van der Waals surface area contributed by atoms with E-state index in [2.05, 4.69) is 12.1 Å². The SMILES string of the molecule is Cc1c(C(N)=O)n(C)c2c(-c3cc(F)c(F)c(F)c3)cc(C#N)cc12.Cc1cc(-c2cc(C#N)cc3c(C)c(C(N)=O)n(C)c23)ccc1F.Cn1c(C(N)=O)cc2cc(C#N)cc(-c3ccc(CO)cc3)c21. The fraction of sp³-hybridized carbons (Fsp3) is 0.127. The largest absolute Gasteiger partial charge is 0.392 e. The average Bonchev–Trinajstić information content (AvgIpc) is 3.94. The van der Waals surface area contributed by atoms with Crippen LogP contribution in [0.25, 0.3) is 66.1 Å². The van der Waals surface area contributed by atoms with Gasteiger partial charge in [-0.2, -0.15) is 15.8 Å². The third-order valence-corrected chi connectivity index (χ3v) is 12.5. The van der Waals surface area contributed by atoms with E-state index in [1.807, 2.05) is 37.3 Å². The minimum Gasteiger partial charge on any atom is -0.392 e. The van der Waals surface area contributed by atoms with Gasteiger partial charge in [-0.25, -0.2) is 17.6 Å². The predicted octanol–water partition coefficient (Wildman–Crippen LogP) is 9.42. The van der Waals surface area contributed by atoms with E-state index >= 15 is 0 Å². The molecule has 6 aromatic carbocycles. The molecule has 3 heterocycles. The Balaban J connectivity index is 0.000000159. The van der Waals surface area contributed by atoms with E-state index in [1.54, 1.807) is 92.7 Å². The molecule has 0 unspecified atom stereocenters. The highest BCUT2D eigenvalue weighted by atomic mass is 19.2. The molecule has 72 heavy (non-hydrogen) atoms. The molecule has 9 rings (SSSR count). The van der Waals surface area contributed by atoms with E-state index in [0.717, 1.165) is 67.3 Å². The standard InChI is InChI=1S/C19H16FN3O.C18H12F3N3O.C18H15N3O2/c1-10-6-13(4-5-16(10)20)15-8-12(9-21)7-14-11(2)17(19(22)24)23(3)18(14)15;1-8-11-3-9(7-22)4-12(17(11)24(2)16(8)18(23)25)10-5-13(19)15(21)14(20)6-10;1-21-16(18(20)23)8-14-6-12(9-19)7-15(17(14)21)13-4-2-11(10-22)3-5-13/h4-8H,1-3H3,(H2,22,24);3-6H,1-2H3,(H2,23,25);2-8,22H,10H2,1H3,(H2,20,23). The molecule has 3 aromatic heterocycles. The molecule has 0 radical (unpaired) electrons. The molecule has 0 fully saturated rings. The molecule has 0 aliphatic carbocycles. The average molecular weight is 970 g/mol. The van der Waals surface area contributed by atoms with Crippen molar-refractivity contribution in [1.29, 1.82) is 15.8 Å². The van der Waals surface area contributed by atoms with Crippen LogP contribution >= 0.6 is 0 Å². The molecule has 0 atom stereocenters. The number of rotatable bonds is 7. The quantitative estimate of drug-likeness (QED) is 0.0891. The lowest BCUT2D eigenvalue weighted by molar-refractivity contribution is 0.0984. The topological polar surface area (TPSA) is 236 Å². The third-order valence-electron chi connectivity index (χ3n) is 12.5. The van der Waals surface area contributed by atoms with E-state index < -0.39 is 35.2 Å². The number of nitrogens with zero attached hydrogens (tertiary/aromatic N) is 6. The van der Waals surface area contributed by atoms with E-state index in [4.69, 9.17) is 22.3 Å². The number of hydrogen-bond donors (Lipinski definition) is 4. The number of nitrogens with two attached hydrogens (primary N) is 3. The number of primary amides is 3. The summed E-state index contributed by atoms with van der Waals surface area (Å²) in [6.45, 7) is 5.14. The Kier molecular flexibility index (Phi) is 13.9. The van der Waals surface area contributed by atoms with E-state index in [1.165, 1.54) is 16.7 Å². The summed E-state index contributed by atoms with van der Waals surface area (Å²) < 4.78 is 59.2. The van der Waals surface area contributed by atoms with E-state index in [-0.39, 0.29) is 29.2 Å². The molecule has 0 aliphatic heterocycles. The lowest BCUT2D eigenvalue weighted by Crippen LogP contribution is -2.16. The van der Waals surface area contributed by atoms with Crippen LogP contribution in [0.2, 0.25) is 0 Å². The van der Waals surface area contributed by atoms with Crippen molar-refractivity contribution in [1.82, 2.24) is 13.7 Å². The van der Waals surface area contributed by atoms with Crippen molar-refractivity contribution in [3.8, 4) is 51.6 Å². The number of carbonyl (C=O) groups excluding carboxylic acids is 3. The second kappa shape index (κ2) is 19.8. The maximum Gasteiger partial charge on any atom is 0.265 e. The molecular weight excluding hydrogens is 927 g/mol. The first-order valence-corrected chi connectivity index (χ1v) is 21.8. The number of amides is 3. The summed E-state index contributed by atoms with van der Waals surface area (Å²) in [4.78, 5) is 35.1. The van der Waals surface area contributed by atoms with Crippen LogP contribution in [0.4, 0.5) is 17.6 Å². The highest BCUT2D eigenvalue weighted by Gasteiger charge is 2.23. The number of fused-ring (bicyclic) bond motifs is 3. The van der Waals surface area contributed by atoms with Gasteiger partial charge in [-0.05, 0) is 126 Å². The number of aliphatic hydroxyl groups excluding tert-OH is 1. The Hall–Kier alpha value is -9.50. The van der Waals surface area contributed by atoms with Gasteiger partial charge in [-0.1, -0.05) is 30.3 Å². The van der Waals surface area contributed by atoms with Gasteiger partial charge < -0.3 is 36.0 Å².